The van der Waals surface area contributed by atoms with Gasteiger partial charge in [0, 0.05) is 20.1 Å². The van der Waals surface area contributed by atoms with E-state index in [9.17, 15) is 9.18 Å². The van der Waals surface area contributed by atoms with Crippen LogP contribution in [0, 0.1) is 5.82 Å². The highest BCUT2D eigenvalue weighted by atomic mass is 19.1. The van der Waals surface area contributed by atoms with Gasteiger partial charge in [-0.2, -0.15) is 0 Å². The van der Waals surface area contributed by atoms with E-state index in [2.05, 4.69) is 10.5 Å². The van der Waals surface area contributed by atoms with E-state index in [0.29, 0.717) is 25.3 Å². The van der Waals surface area contributed by atoms with Gasteiger partial charge in [-0.1, -0.05) is 17.3 Å². The van der Waals surface area contributed by atoms with E-state index in [-0.39, 0.29) is 11.7 Å². The minimum absolute atomic E-state index is 0.224. The predicted molar refractivity (Wildman–Crippen MR) is 67.3 cm³/mol. The molecule has 0 radical (unpaired) electrons. The van der Waals surface area contributed by atoms with Crippen LogP contribution in [-0.4, -0.2) is 38.0 Å². The van der Waals surface area contributed by atoms with E-state index in [4.69, 9.17) is 9.57 Å². The Bertz CT molecular complexity index is 473. The fourth-order valence-corrected chi connectivity index (χ4v) is 1.72. The molecule has 0 saturated heterocycles. The molecule has 19 heavy (non-hydrogen) atoms. The molecule has 0 aliphatic carbocycles. The highest BCUT2D eigenvalue weighted by molar-refractivity contribution is 6.04. The largest absolute Gasteiger partial charge is 0.383 e. The molecule has 0 bridgehead atoms. The average Bonchev–Trinajstić information content (AvgIpc) is 2.89. The highest BCUT2D eigenvalue weighted by Crippen LogP contribution is 2.17. The summed E-state index contributed by atoms with van der Waals surface area (Å²) in [7, 11) is 1.56. The first-order valence-corrected chi connectivity index (χ1v) is 5.96. The molecular weight excluding hydrogens is 251 g/mol. The van der Waals surface area contributed by atoms with E-state index in [0.717, 1.165) is 5.56 Å². The second-order valence-electron chi connectivity index (χ2n) is 4.13. The number of benzene rings is 1. The van der Waals surface area contributed by atoms with Crippen LogP contribution in [-0.2, 0) is 14.4 Å². The molecule has 1 aliphatic rings. The van der Waals surface area contributed by atoms with Crippen LogP contribution in [0.25, 0.3) is 0 Å². The van der Waals surface area contributed by atoms with Gasteiger partial charge in [0.25, 0.3) is 5.91 Å². The van der Waals surface area contributed by atoms with E-state index in [1.54, 1.807) is 19.2 Å². The second-order valence-corrected chi connectivity index (χ2v) is 4.13. The summed E-state index contributed by atoms with van der Waals surface area (Å²) in [5, 5.41) is 6.55. The monoisotopic (exact) mass is 266 g/mol. The molecule has 0 saturated carbocycles. The number of ether oxygens (including phenoxy) is 1. The molecule has 1 amide bonds. The number of methoxy groups -OCH3 is 1. The summed E-state index contributed by atoms with van der Waals surface area (Å²) >= 11 is 0. The normalized spacial score (nSPS) is 17.8. The average molecular weight is 266 g/mol. The Morgan fingerprint density at radius 2 is 2.26 bits per heavy atom. The van der Waals surface area contributed by atoms with Crippen molar-refractivity contribution in [3.63, 3.8) is 0 Å². The molecule has 0 fully saturated rings. The van der Waals surface area contributed by atoms with Crippen molar-refractivity contribution in [3.8, 4) is 0 Å². The number of nitrogens with one attached hydrogen (secondary N) is 1. The van der Waals surface area contributed by atoms with Crippen molar-refractivity contribution < 1.29 is 18.8 Å². The summed E-state index contributed by atoms with van der Waals surface area (Å²) in [5.74, 6) is -0.532. The lowest BCUT2D eigenvalue weighted by molar-refractivity contribution is -0.131. The van der Waals surface area contributed by atoms with E-state index in [1.807, 2.05) is 0 Å². The number of hydrogen-bond donors (Lipinski definition) is 1. The van der Waals surface area contributed by atoms with Gasteiger partial charge in [-0.05, 0) is 17.7 Å². The molecule has 0 unspecified atom stereocenters. The summed E-state index contributed by atoms with van der Waals surface area (Å²) in [5.41, 5.74) is 1.40. The predicted octanol–water partition coefficient (Wildman–Crippen LogP) is 1.08. The molecule has 102 valence electrons. The third kappa shape index (κ3) is 3.51. The van der Waals surface area contributed by atoms with Crippen molar-refractivity contribution in [1.82, 2.24) is 5.32 Å². The van der Waals surface area contributed by atoms with Crippen molar-refractivity contribution in [2.75, 3.05) is 20.3 Å². The third-order valence-corrected chi connectivity index (χ3v) is 2.74. The van der Waals surface area contributed by atoms with Crippen LogP contribution in [0.15, 0.2) is 29.4 Å². The van der Waals surface area contributed by atoms with Crippen molar-refractivity contribution in [3.05, 3.63) is 35.6 Å². The van der Waals surface area contributed by atoms with Gasteiger partial charge in [0.2, 0.25) is 6.10 Å². The topological polar surface area (TPSA) is 59.9 Å². The van der Waals surface area contributed by atoms with Crippen molar-refractivity contribution >= 4 is 11.6 Å². The van der Waals surface area contributed by atoms with Crippen LogP contribution in [0.3, 0.4) is 0 Å². The van der Waals surface area contributed by atoms with Gasteiger partial charge >= 0.3 is 0 Å². The number of halogens is 1. The van der Waals surface area contributed by atoms with Crippen LogP contribution in [0.1, 0.15) is 12.0 Å². The fraction of sp³-hybridized carbons (Fsp3) is 0.385. The van der Waals surface area contributed by atoms with Crippen LogP contribution in [0.2, 0.25) is 0 Å². The lowest BCUT2D eigenvalue weighted by atomic mass is 10.0. The second kappa shape index (κ2) is 6.29. The fourth-order valence-electron chi connectivity index (χ4n) is 1.72. The Morgan fingerprint density at radius 1 is 1.53 bits per heavy atom. The Balaban J connectivity index is 1.88. The van der Waals surface area contributed by atoms with Crippen LogP contribution < -0.4 is 5.32 Å². The lowest BCUT2D eigenvalue weighted by Crippen LogP contribution is -2.36. The number of nitrogens with zero attached hydrogens (tertiary/aromatic N) is 1. The Morgan fingerprint density at radius 3 is 2.95 bits per heavy atom. The maximum atomic E-state index is 12.8. The first kappa shape index (κ1) is 13.5. The summed E-state index contributed by atoms with van der Waals surface area (Å²) in [4.78, 5) is 16.8. The molecule has 6 heteroatoms. The third-order valence-electron chi connectivity index (χ3n) is 2.74. The maximum Gasteiger partial charge on any atom is 0.264 e. The molecule has 1 atom stereocenters. The SMILES string of the molecule is COCCNC(=O)[C@@H]1CC(c2ccc(F)cc2)=NO1. The van der Waals surface area contributed by atoms with Gasteiger partial charge in [-0.3, -0.25) is 4.79 Å². The molecule has 0 spiro atoms. The first-order chi connectivity index (χ1) is 9.20. The number of oxime groups is 1. The van der Waals surface area contributed by atoms with Gasteiger partial charge in [0.15, 0.2) is 0 Å². The quantitative estimate of drug-likeness (QED) is 0.811. The smallest absolute Gasteiger partial charge is 0.264 e. The molecule has 1 aromatic rings. The molecule has 2 rings (SSSR count). The first-order valence-electron chi connectivity index (χ1n) is 5.96. The molecule has 0 aromatic heterocycles. The molecule has 1 aliphatic heterocycles. The summed E-state index contributed by atoms with van der Waals surface area (Å²) in [6.45, 7) is 0.880. The van der Waals surface area contributed by atoms with Crippen molar-refractivity contribution in [1.29, 1.82) is 0 Å². The van der Waals surface area contributed by atoms with Gasteiger partial charge in [-0.15, -0.1) is 0 Å². The highest BCUT2D eigenvalue weighted by Gasteiger charge is 2.28. The number of amides is 1. The number of carbonyl (C=O) groups is 1. The Hall–Kier alpha value is -1.95. The van der Waals surface area contributed by atoms with Gasteiger partial charge in [0.05, 0.1) is 12.3 Å². The molecule has 5 nitrogen and oxygen atoms in total. The van der Waals surface area contributed by atoms with Crippen LogP contribution in [0.4, 0.5) is 4.39 Å². The van der Waals surface area contributed by atoms with E-state index in [1.165, 1.54) is 12.1 Å². The zero-order chi connectivity index (χ0) is 13.7. The van der Waals surface area contributed by atoms with E-state index >= 15 is 0 Å². The Labute approximate surface area is 110 Å². The zero-order valence-corrected chi connectivity index (χ0v) is 10.6. The van der Waals surface area contributed by atoms with Gasteiger partial charge < -0.3 is 14.9 Å². The van der Waals surface area contributed by atoms with Crippen molar-refractivity contribution in [2.24, 2.45) is 5.16 Å². The number of rotatable bonds is 5. The molecule has 1 aromatic carbocycles. The standard InChI is InChI=1S/C13H15FN2O3/c1-18-7-6-15-13(17)12-8-11(16-19-12)9-2-4-10(14)5-3-9/h2-5,12H,6-8H2,1H3,(H,15,17)/t12-/m0/s1. The molecular formula is C13H15FN2O3. The summed E-state index contributed by atoms with van der Waals surface area (Å²) in [6, 6.07) is 5.93. The minimum atomic E-state index is -0.628. The lowest BCUT2D eigenvalue weighted by Gasteiger charge is -2.08. The summed E-state index contributed by atoms with van der Waals surface area (Å²) < 4.78 is 17.6. The molecule has 1 N–H and O–H groups in total. The van der Waals surface area contributed by atoms with Crippen LogP contribution in [0.5, 0.6) is 0 Å². The number of carbonyl (C=O) groups excluding carboxylic acids is 1. The molecule has 1 heterocycles. The summed E-state index contributed by atoms with van der Waals surface area (Å²) in [6.07, 6.45) is -0.248. The zero-order valence-electron chi connectivity index (χ0n) is 10.6. The maximum absolute atomic E-state index is 12.8. The van der Waals surface area contributed by atoms with Gasteiger partial charge in [-0.25, -0.2) is 4.39 Å². The number of hydrogen-bond acceptors (Lipinski definition) is 4. The van der Waals surface area contributed by atoms with Crippen LogP contribution >= 0.6 is 0 Å². The minimum Gasteiger partial charge on any atom is -0.383 e. The Kier molecular flexibility index (Phi) is 4.46. The van der Waals surface area contributed by atoms with Crippen molar-refractivity contribution in [2.45, 2.75) is 12.5 Å². The van der Waals surface area contributed by atoms with E-state index < -0.39 is 6.10 Å². The van der Waals surface area contributed by atoms with Gasteiger partial charge in [0.1, 0.15) is 5.82 Å².